The van der Waals surface area contributed by atoms with Gasteiger partial charge in [0.15, 0.2) is 0 Å². The average Bonchev–Trinajstić information content (AvgIpc) is 2.43. The summed E-state index contributed by atoms with van der Waals surface area (Å²) in [4.78, 5) is 2.51. The predicted octanol–water partition coefficient (Wildman–Crippen LogP) is 2.12. The van der Waals surface area contributed by atoms with Gasteiger partial charge in [0.2, 0.25) is 0 Å². The summed E-state index contributed by atoms with van der Waals surface area (Å²) < 4.78 is 5.80. The van der Waals surface area contributed by atoms with Gasteiger partial charge in [-0.3, -0.25) is 0 Å². The van der Waals surface area contributed by atoms with Crippen LogP contribution in [-0.4, -0.2) is 44.2 Å². The van der Waals surface area contributed by atoms with Gasteiger partial charge in [0.05, 0.1) is 6.61 Å². The van der Waals surface area contributed by atoms with Crippen LogP contribution in [0.1, 0.15) is 23.1 Å². The Kier molecular flexibility index (Phi) is 5.83. The molecule has 1 aliphatic heterocycles. The minimum atomic E-state index is 0.745. The zero-order chi connectivity index (χ0) is 13.5. The number of hydrogen-bond donors (Lipinski definition) is 1. The Morgan fingerprint density at radius 1 is 1.21 bits per heavy atom. The van der Waals surface area contributed by atoms with Crippen LogP contribution in [0, 0.1) is 13.8 Å². The lowest BCUT2D eigenvalue weighted by atomic mass is 10.1. The highest BCUT2D eigenvalue weighted by Crippen LogP contribution is 2.11. The normalized spacial score (nSPS) is 16.7. The molecule has 0 spiro atoms. The van der Waals surface area contributed by atoms with Crippen molar-refractivity contribution in [3.63, 3.8) is 0 Å². The Morgan fingerprint density at radius 3 is 2.79 bits per heavy atom. The number of nitrogens with one attached hydrogen (secondary N) is 1. The lowest BCUT2D eigenvalue weighted by Gasteiger charge is -2.26. The third kappa shape index (κ3) is 4.94. The fraction of sp³-hybridized carbons (Fsp3) is 0.625. The van der Waals surface area contributed by atoms with Crippen LogP contribution in [0.4, 0.5) is 0 Å². The summed E-state index contributed by atoms with van der Waals surface area (Å²) in [6.45, 7) is 11.7. The van der Waals surface area contributed by atoms with Crippen LogP contribution in [0.5, 0.6) is 0 Å². The number of hydrogen-bond acceptors (Lipinski definition) is 3. The molecule has 0 unspecified atom stereocenters. The van der Waals surface area contributed by atoms with Gasteiger partial charge in [0, 0.05) is 39.3 Å². The van der Waals surface area contributed by atoms with E-state index in [0.717, 1.165) is 39.3 Å². The minimum Gasteiger partial charge on any atom is -0.377 e. The van der Waals surface area contributed by atoms with E-state index in [1.54, 1.807) is 0 Å². The van der Waals surface area contributed by atoms with Crippen molar-refractivity contribution in [3.8, 4) is 0 Å². The van der Waals surface area contributed by atoms with Crippen molar-refractivity contribution in [1.82, 2.24) is 10.2 Å². The van der Waals surface area contributed by atoms with Gasteiger partial charge in [-0.2, -0.15) is 0 Å². The molecule has 2 rings (SSSR count). The van der Waals surface area contributed by atoms with Gasteiger partial charge < -0.3 is 15.0 Å². The molecule has 1 aromatic rings. The molecule has 1 saturated heterocycles. The van der Waals surface area contributed by atoms with E-state index in [2.05, 4.69) is 42.3 Å². The highest BCUT2D eigenvalue weighted by atomic mass is 16.5. The van der Waals surface area contributed by atoms with Crippen molar-refractivity contribution in [2.24, 2.45) is 0 Å². The lowest BCUT2D eigenvalue weighted by Crippen LogP contribution is -2.43. The molecule has 1 aliphatic rings. The van der Waals surface area contributed by atoms with Gasteiger partial charge in [0.1, 0.15) is 0 Å². The highest BCUT2D eigenvalue weighted by molar-refractivity contribution is 5.29. The number of ether oxygens (including phenoxy) is 1. The van der Waals surface area contributed by atoms with Crippen LogP contribution in [-0.2, 0) is 11.3 Å². The number of piperazine rings is 1. The molecule has 106 valence electrons. The molecule has 0 atom stereocenters. The van der Waals surface area contributed by atoms with E-state index in [1.165, 1.54) is 29.8 Å². The van der Waals surface area contributed by atoms with Gasteiger partial charge in [-0.05, 0) is 31.4 Å². The predicted molar refractivity (Wildman–Crippen MR) is 79.5 cm³/mol. The third-order valence-corrected chi connectivity index (χ3v) is 3.73. The molecule has 0 radical (unpaired) electrons. The first-order chi connectivity index (χ1) is 9.25. The van der Waals surface area contributed by atoms with Gasteiger partial charge >= 0.3 is 0 Å². The monoisotopic (exact) mass is 262 g/mol. The van der Waals surface area contributed by atoms with E-state index in [1.807, 2.05) is 0 Å². The number of rotatable bonds is 6. The van der Waals surface area contributed by atoms with Gasteiger partial charge in [-0.1, -0.05) is 23.8 Å². The largest absolute Gasteiger partial charge is 0.377 e. The van der Waals surface area contributed by atoms with Crippen molar-refractivity contribution in [3.05, 3.63) is 34.9 Å². The molecule has 19 heavy (non-hydrogen) atoms. The van der Waals surface area contributed by atoms with Gasteiger partial charge in [-0.15, -0.1) is 0 Å². The molecular formula is C16H26N2O. The molecule has 0 aliphatic carbocycles. The summed E-state index contributed by atoms with van der Waals surface area (Å²) in [6.07, 6.45) is 1.13. The molecule has 3 nitrogen and oxygen atoms in total. The van der Waals surface area contributed by atoms with Crippen molar-refractivity contribution < 1.29 is 4.74 Å². The number of nitrogens with zero attached hydrogens (tertiary/aromatic N) is 1. The molecule has 1 heterocycles. The van der Waals surface area contributed by atoms with Crippen LogP contribution in [0.2, 0.25) is 0 Å². The highest BCUT2D eigenvalue weighted by Gasteiger charge is 2.08. The summed E-state index contributed by atoms with van der Waals surface area (Å²) in [5.41, 5.74) is 3.96. The summed E-state index contributed by atoms with van der Waals surface area (Å²) in [5.74, 6) is 0. The topological polar surface area (TPSA) is 24.5 Å². The van der Waals surface area contributed by atoms with Crippen LogP contribution in [0.25, 0.3) is 0 Å². The second-order valence-corrected chi connectivity index (χ2v) is 5.43. The molecule has 3 heteroatoms. The maximum Gasteiger partial charge on any atom is 0.0719 e. The first kappa shape index (κ1) is 14.5. The van der Waals surface area contributed by atoms with Crippen molar-refractivity contribution in [2.75, 3.05) is 39.3 Å². The van der Waals surface area contributed by atoms with Gasteiger partial charge in [-0.25, -0.2) is 0 Å². The number of aryl methyl sites for hydroxylation is 2. The van der Waals surface area contributed by atoms with E-state index >= 15 is 0 Å². The first-order valence-electron chi connectivity index (χ1n) is 7.32. The van der Waals surface area contributed by atoms with E-state index in [4.69, 9.17) is 4.74 Å². The van der Waals surface area contributed by atoms with Gasteiger partial charge in [0.25, 0.3) is 0 Å². The Morgan fingerprint density at radius 2 is 2.00 bits per heavy atom. The van der Waals surface area contributed by atoms with E-state index in [0.29, 0.717) is 0 Å². The van der Waals surface area contributed by atoms with E-state index < -0.39 is 0 Å². The molecule has 1 aromatic carbocycles. The molecule has 0 bridgehead atoms. The Hall–Kier alpha value is -0.900. The Labute approximate surface area is 116 Å². The molecule has 0 amide bonds. The summed E-state index contributed by atoms with van der Waals surface area (Å²) in [7, 11) is 0. The molecule has 0 saturated carbocycles. The third-order valence-electron chi connectivity index (χ3n) is 3.73. The van der Waals surface area contributed by atoms with E-state index in [-0.39, 0.29) is 0 Å². The SMILES string of the molecule is Cc1ccc(C)c(COCCCN2CCNCC2)c1. The summed E-state index contributed by atoms with van der Waals surface area (Å²) in [6, 6.07) is 6.56. The maximum absolute atomic E-state index is 5.80. The second-order valence-electron chi connectivity index (χ2n) is 5.43. The smallest absolute Gasteiger partial charge is 0.0719 e. The number of benzene rings is 1. The van der Waals surface area contributed by atoms with Crippen LogP contribution in [0.3, 0.4) is 0 Å². The van der Waals surface area contributed by atoms with Crippen molar-refractivity contribution >= 4 is 0 Å². The quantitative estimate of drug-likeness (QED) is 0.795. The van der Waals surface area contributed by atoms with E-state index in [9.17, 15) is 0 Å². The second kappa shape index (κ2) is 7.63. The lowest BCUT2D eigenvalue weighted by molar-refractivity contribution is 0.106. The zero-order valence-electron chi connectivity index (χ0n) is 12.2. The average molecular weight is 262 g/mol. The molecule has 0 aromatic heterocycles. The fourth-order valence-electron chi connectivity index (χ4n) is 2.46. The van der Waals surface area contributed by atoms with Crippen molar-refractivity contribution in [2.45, 2.75) is 26.9 Å². The molecule has 1 fully saturated rings. The Balaban J connectivity index is 1.62. The minimum absolute atomic E-state index is 0.745. The zero-order valence-corrected chi connectivity index (χ0v) is 12.2. The first-order valence-corrected chi connectivity index (χ1v) is 7.32. The molecular weight excluding hydrogens is 236 g/mol. The standard InChI is InChI=1S/C16H26N2O/c1-14-4-5-15(2)16(12-14)13-19-11-3-8-18-9-6-17-7-10-18/h4-5,12,17H,3,6-11,13H2,1-2H3. The van der Waals surface area contributed by atoms with Crippen molar-refractivity contribution in [1.29, 1.82) is 0 Å². The van der Waals surface area contributed by atoms with Crippen LogP contribution in [0.15, 0.2) is 18.2 Å². The van der Waals surface area contributed by atoms with Crippen LogP contribution < -0.4 is 5.32 Å². The van der Waals surface area contributed by atoms with Crippen LogP contribution >= 0.6 is 0 Å². The summed E-state index contributed by atoms with van der Waals surface area (Å²) in [5, 5.41) is 3.38. The molecule has 1 N–H and O–H groups in total. The maximum atomic E-state index is 5.80. The Bertz CT molecular complexity index is 386. The fourth-order valence-corrected chi connectivity index (χ4v) is 2.46. The summed E-state index contributed by atoms with van der Waals surface area (Å²) >= 11 is 0.